The van der Waals surface area contributed by atoms with Crippen molar-refractivity contribution in [2.45, 2.75) is 69.6 Å². The summed E-state index contributed by atoms with van der Waals surface area (Å²) in [6.45, 7) is 5.11. The number of benzene rings is 1. The molecule has 1 fully saturated rings. The third kappa shape index (κ3) is 5.66. The number of ether oxygens (including phenoxy) is 1. The number of aromatic nitrogens is 3. The summed E-state index contributed by atoms with van der Waals surface area (Å²) in [4.78, 5) is 22.1. The zero-order valence-corrected chi connectivity index (χ0v) is 23.0. The number of nitrogens with zero attached hydrogens (tertiary/aromatic N) is 3. The van der Waals surface area contributed by atoms with Crippen LogP contribution in [0.2, 0.25) is 0 Å². The number of rotatable bonds is 9. The first kappa shape index (κ1) is 28.6. The number of hydrogen-bond donors (Lipinski definition) is 1. The summed E-state index contributed by atoms with van der Waals surface area (Å²) in [7, 11) is -2.19. The average molecular weight is 565 g/mol. The minimum Gasteiger partial charge on any atom is -0.496 e. The van der Waals surface area contributed by atoms with E-state index in [0.717, 1.165) is 19.3 Å². The van der Waals surface area contributed by atoms with Crippen LogP contribution in [0.1, 0.15) is 71.9 Å². The number of methoxy groups -OCH3 is 1. The molecule has 1 aliphatic rings. The van der Waals surface area contributed by atoms with Gasteiger partial charge in [-0.15, -0.1) is 0 Å². The first-order valence-corrected chi connectivity index (χ1v) is 14.2. The molecule has 1 aromatic carbocycles. The fraction of sp³-hybridized carbons (Fsp3) is 0.444. The van der Waals surface area contributed by atoms with Crippen LogP contribution >= 0.6 is 0 Å². The molecule has 2 aromatic heterocycles. The second kappa shape index (κ2) is 10.6. The van der Waals surface area contributed by atoms with Gasteiger partial charge >= 0.3 is 6.18 Å². The van der Waals surface area contributed by atoms with Gasteiger partial charge in [0, 0.05) is 23.9 Å². The molecule has 210 valence electrons. The van der Waals surface area contributed by atoms with E-state index in [1.165, 1.54) is 43.6 Å². The Kier molecular flexibility index (Phi) is 7.79. The Bertz CT molecular complexity index is 1480. The van der Waals surface area contributed by atoms with Crippen LogP contribution in [0.15, 0.2) is 41.4 Å². The first-order valence-electron chi connectivity index (χ1n) is 12.6. The maximum absolute atomic E-state index is 14.0. The first-order chi connectivity index (χ1) is 18.3. The number of amides is 1. The standard InChI is InChI=1S/C27H31F3N4O4S/c1-5-39(36,37)20-11-10-19(31-15-20)14-32-24(35)23-17(2)34(25(33-23)26(3)12-7-13-26)16-18-8-6-9-21(38-4)22(18)27(28,29)30/h6,8-11,15H,5,7,12-14,16H2,1-4H3,(H,32,35). The van der Waals surface area contributed by atoms with Crippen molar-refractivity contribution in [3.05, 3.63) is 70.6 Å². The SMILES string of the molecule is CCS(=O)(=O)c1ccc(CNC(=O)c2nc(C3(C)CCC3)n(Cc3cccc(OC)c3C(F)(F)F)c2C)nc1. The van der Waals surface area contributed by atoms with Crippen molar-refractivity contribution in [1.29, 1.82) is 0 Å². The van der Waals surface area contributed by atoms with Gasteiger partial charge in [0.05, 0.1) is 30.0 Å². The quantitative estimate of drug-likeness (QED) is 0.400. The molecule has 0 saturated heterocycles. The molecule has 0 atom stereocenters. The molecule has 3 aromatic rings. The van der Waals surface area contributed by atoms with Gasteiger partial charge < -0.3 is 14.6 Å². The van der Waals surface area contributed by atoms with Crippen LogP contribution in [0, 0.1) is 6.92 Å². The van der Waals surface area contributed by atoms with E-state index >= 15 is 0 Å². The summed E-state index contributed by atoms with van der Waals surface area (Å²) >= 11 is 0. The second-order valence-corrected chi connectivity index (χ2v) is 12.2. The highest BCUT2D eigenvalue weighted by Crippen LogP contribution is 2.44. The zero-order chi connectivity index (χ0) is 28.6. The second-order valence-electron chi connectivity index (χ2n) is 9.93. The maximum Gasteiger partial charge on any atom is 0.420 e. The Morgan fingerprint density at radius 2 is 1.92 bits per heavy atom. The predicted molar refractivity (Wildman–Crippen MR) is 138 cm³/mol. The third-order valence-corrected chi connectivity index (χ3v) is 9.06. The van der Waals surface area contributed by atoms with Crippen LogP contribution in [-0.4, -0.2) is 41.7 Å². The molecule has 0 spiro atoms. The number of alkyl halides is 3. The number of sulfone groups is 1. The summed E-state index contributed by atoms with van der Waals surface area (Å²) in [5.41, 5.74) is -0.167. The summed E-state index contributed by atoms with van der Waals surface area (Å²) in [5, 5.41) is 2.75. The molecule has 1 amide bonds. The molecular formula is C27H31F3N4O4S. The molecule has 12 heteroatoms. The van der Waals surface area contributed by atoms with Crippen LogP contribution in [0.5, 0.6) is 5.75 Å². The Labute approximate surface area is 225 Å². The number of carbonyl (C=O) groups is 1. The van der Waals surface area contributed by atoms with Gasteiger partial charge in [-0.25, -0.2) is 13.4 Å². The smallest absolute Gasteiger partial charge is 0.420 e. The number of nitrogens with one attached hydrogen (secondary N) is 1. The van der Waals surface area contributed by atoms with Crippen LogP contribution < -0.4 is 10.1 Å². The summed E-state index contributed by atoms with van der Waals surface area (Å²) < 4.78 is 72.7. The van der Waals surface area contributed by atoms with Gasteiger partial charge in [0.15, 0.2) is 9.84 Å². The van der Waals surface area contributed by atoms with Gasteiger partial charge in [-0.1, -0.05) is 32.4 Å². The highest BCUT2D eigenvalue weighted by atomic mass is 32.2. The molecule has 1 N–H and O–H groups in total. The lowest BCUT2D eigenvalue weighted by molar-refractivity contribution is -0.139. The summed E-state index contributed by atoms with van der Waals surface area (Å²) in [6, 6.07) is 7.16. The normalized spacial score (nSPS) is 15.1. The largest absolute Gasteiger partial charge is 0.496 e. The number of hydrogen-bond acceptors (Lipinski definition) is 6. The molecular weight excluding hydrogens is 533 g/mol. The summed E-state index contributed by atoms with van der Waals surface area (Å²) in [6.07, 6.45) is -0.790. The van der Waals surface area contributed by atoms with Gasteiger partial charge in [0.1, 0.15) is 22.8 Å². The predicted octanol–water partition coefficient (Wildman–Crippen LogP) is 4.83. The van der Waals surface area contributed by atoms with Gasteiger partial charge in [0.2, 0.25) is 0 Å². The summed E-state index contributed by atoms with van der Waals surface area (Å²) in [5.74, 6) is -0.241. The molecule has 39 heavy (non-hydrogen) atoms. The topological polar surface area (TPSA) is 103 Å². The van der Waals surface area contributed by atoms with E-state index in [9.17, 15) is 26.4 Å². The number of pyridine rings is 1. The van der Waals surface area contributed by atoms with Crippen LogP contribution in [-0.2, 0) is 34.5 Å². The van der Waals surface area contributed by atoms with Crippen molar-refractivity contribution in [2.24, 2.45) is 0 Å². The van der Waals surface area contributed by atoms with E-state index in [1.54, 1.807) is 18.4 Å². The number of carbonyl (C=O) groups excluding carboxylic acids is 1. The van der Waals surface area contributed by atoms with Crippen molar-refractivity contribution < 1.29 is 31.1 Å². The molecule has 4 rings (SSSR count). The fourth-order valence-electron chi connectivity index (χ4n) is 4.83. The van der Waals surface area contributed by atoms with Crippen LogP contribution in [0.3, 0.4) is 0 Å². The van der Waals surface area contributed by atoms with Crippen LogP contribution in [0.25, 0.3) is 0 Å². The molecule has 0 aliphatic heterocycles. The highest BCUT2D eigenvalue weighted by molar-refractivity contribution is 7.91. The van der Waals surface area contributed by atoms with Crippen molar-refractivity contribution in [1.82, 2.24) is 19.9 Å². The van der Waals surface area contributed by atoms with Crippen LogP contribution in [0.4, 0.5) is 13.2 Å². The van der Waals surface area contributed by atoms with Crippen molar-refractivity contribution in [3.63, 3.8) is 0 Å². The van der Waals surface area contributed by atoms with E-state index in [1.807, 2.05) is 6.92 Å². The Morgan fingerprint density at radius 1 is 1.21 bits per heavy atom. The lowest BCUT2D eigenvalue weighted by Crippen LogP contribution is -2.34. The Hall–Kier alpha value is -3.41. The molecule has 0 bridgehead atoms. The molecule has 0 unspecified atom stereocenters. The van der Waals surface area contributed by atoms with E-state index in [2.05, 4.69) is 15.3 Å². The van der Waals surface area contributed by atoms with Crippen molar-refractivity contribution >= 4 is 15.7 Å². The van der Waals surface area contributed by atoms with E-state index in [-0.39, 0.29) is 46.2 Å². The highest BCUT2D eigenvalue weighted by Gasteiger charge is 2.41. The van der Waals surface area contributed by atoms with E-state index < -0.39 is 27.5 Å². The molecule has 8 nitrogen and oxygen atoms in total. The van der Waals surface area contributed by atoms with E-state index in [4.69, 9.17) is 4.74 Å². The minimum atomic E-state index is -4.63. The lowest BCUT2D eigenvalue weighted by Gasteiger charge is -2.38. The molecule has 2 heterocycles. The lowest BCUT2D eigenvalue weighted by atomic mass is 9.70. The minimum absolute atomic E-state index is 0.0183. The molecule has 0 radical (unpaired) electrons. The maximum atomic E-state index is 14.0. The average Bonchev–Trinajstić information content (AvgIpc) is 3.21. The molecule has 1 saturated carbocycles. The van der Waals surface area contributed by atoms with E-state index in [0.29, 0.717) is 17.2 Å². The number of halogens is 3. The van der Waals surface area contributed by atoms with Gasteiger partial charge in [-0.3, -0.25) is 9.78 Å². The van der Waals surface area contributed by atoms with Gasteiger partial charge in [-0.05, 0) is 43.5 Å². The van der Waals surface area contributed by atoms with Crippen molar-refractivity contribution in [2.75, 3.05) is 12.9 Å². The monoisotopic (exact) mass is 564 g/mol. The zero-order valence-electron chi connectivity index (χ0n) is 22.2. The molecule has 1 aliphatic carbocycles. The van der Waals surface area contributed by atoms with Gasteiger partial charge in [0.25, 0.3) is 5.91 Å². The third-order valence-electron chi connectivity index (χ3n) is 7.34. The number of imidazole rings is 1. The Balaban J connectivity index is 1.64. The van der Waals surface area contributed by atoms with Crippen molar-refractivity contribution in [3.8, 4) is 5.75 Å². The van der Waals surface area contributed by atoms with Gasteiger partial charge in [-0.2, -0.15) is 13.2 Å². The fourth-order valence-corrected chi connectivity index (χ4v) is 5.65. The Morgan fingerprint density at radius 3 is 2.46 bits per heavy atom.